The summed E-state index contributed by atoms with van der Waals surface area (Å²) in [5.41, 5.74) is 2.90. The number of anilines is 2. The van der Waals surface area contributed by atoms with Gasteiger partial charge in [0.1, 0.15) is 17.0 Å². The van der Waals surface area contributed by atoms with Gasteiger partial charge in [-0.3, -0.25) is 9.69 Å². The third kappa shape index (κ3) is 3.07. The number of nitrogens with zero attached hydrogens (tertiary/aromatic N) is 6. The maximum absolute atomic E-state index is 13.4. The smallest absolute Gasteiger partial charge is 0.226 e. The lowest BCUT2D eigenvalue weighted by Crippen LogP contribution is -2.49. The van der Waals surface area contributed by atoms with Crippen LogP contribution in [0, 0.1) is 5.92 Å². The van der Waals surface area contributed by atoms with Crippen LogP contribution in [-0.2, 0) is 17.6 Å². The number of nitrogens with one attached hydrogen (secondary N) is 1. The number of pyridine rings is 1. The second-order valence-corrected chi connectivity index (χ2v) is 11.1. The van der Waals surface area contributed by atoms with Gasteiger partial charge in [0.05, 0.1) is 27.8 Å². The Labute approximate surface area is 205 Å². The first kappa shape index (κ1) is 20.6. The maximum Gasteiger partial charge on any atom is 0.226 e. The van der Waals surface area contributed by atoms with E-state index < -0.39 is 0 Å². The summed E-state index contributed by atoms with van der Waals surface area (Å²) < 4.78 is 1.75. The van der Waals surface area contributed by atoms with Crippen LogP contribution in [0.3, 0.4) is 0 Å². The molecule has 1 amide bonds. The summed E-state index contributed by atoms with van der Waals surface area (Å²) in [6, 6.07) is 4.72. The van der Waals surface area contributed by atoms with Crippen LogP contribution in [0.25, 0.3) is 15.7 Å². The van der Waals surface area contributed by atoms with Gasteiger partial charge in [-0.2, -0.15) is 5.10 Å². The highest BCUT2D eigenvalue weighted by Gasteiger charge is 2.45. The maximum atomic E-state index is 13.4. The van der Waals surface area contributed by atoms with Gasteiger partial charge < -0.3 is 10.2 Å². The van der Waals surface area contributed by atoms with Gasteiger partial charge in [0.15, 0.2) is 0 Å². The van der Waals surface area contributed by atoms with Gasteiger partial charge in [0.2, 0.25) is 5.91 Å². The summed E-state index contributed by atoms with van der Waals surface area (Å²) in [4.78, 5) is 29.3. The molecule has 1 N–H and O–H groups in total. The van der Waals surface area contributed by atoms with E-state index in [0.717, 1.165) is 66.0 Å². The minimum atomic E-state index is 0.0632. The van der Waals surface area contributed by atoms with E-state index in [1.165, 1.54) is 10.4 Å². The molecule has 4 aromatic rings. The molecule has 10 heteroatoms. The molecular formula is C24H24ClN7OS. The minimum absolute atomic E-state index is 0.0632. The third-order valence-corrected chi connectivity index (χ3v) is 9.32. The SMILES string of the molecule is CN1C[C@H]2CC1CN2C(=O)[C@H]1CCc2c(sc3ncnc(Nc4ccn5nccc5c4Cl)c23)C1. The lowest BCUT2D eigenvalue weighted by molar-refractivity contribution is -0.138. The van der Waals surface area contributed by atoms with Gasteiger partial charge in [0, 0.05) is 42.2 Å². The molecule has 6 heterocycles. The lowest BCUT2D eigenvalue weighted by atomic mass is 9.86. The van der Waals surface area contributed by atoms with Gasteiger partial charge in [-0.15, -0.1) is 11.3 Å². The molecule has 0 aromatic carbocycles. The van der Waals surface area contributed by atoms with Crippen LogP contribution in [0.1, 0.15) is 23.3 Å². The number of thiophene rings is 1. The number of aromatic nitrogens is 4. The highest BCUT2D eigenvalue weighted by atomic mass is 35.5. The fourth-order valence-electron chi connectivity index (χ4n) is 5.97. The summed E-state index contributed by atoms with van der Waals surface area (Å²) in [6.45, 7) is 1.90. The van der Waals surface area contributed by atoms with Crippen molar-refractivity contribution in [2.24, 2.45) is 5.92 Å². The molecule has 3 aliphatic rings. The Kier molecular flexibility index (Phi) is 4.62. The Morgan fingerprint density at radius 2 is 2.15 bits per heavy atom. The highest BCUT2D eigenvalue weighted by Crippen LogP contribution is 2.42. The van der Waals surface area contributed by atoms with E-state index in [1.54, 1.807) is 28.4 Å². The monoisotopic (exact) mass is 493 g/mol. The number of piperazine rings is 1. The number of hydrogen-bond acceptors (Lipinski definition) is 7. The van der Waals surface area contributed by atoms with Crippen LogP contribution in [0.4, 0.5) is 11.5 Å². The van der Waals surface area contributed by atoms with E-state index in [1.807, 2.05) is 18.3 Å². The first-order valence-electron chi connectivity index (χ1n) is 11.7. The summed E-state index contributed by atoms with van der Waals surface area (Å²) in [5, 5.41) is 9.34. The second kappa shape index (κ2) is 7.63. The molecule has 0 radical (unpaired) electrons. The van der Waals surface area contributed by atoms with Crippen molar-refractivity contribution >= 4 is 56.1 Å². The van der Waals surface area contributed by atoms with Crippen molar-refractivity contribution in [1.29, 1.82) is 0 Å². The van der Waals surface area contributed by atoms with Crippen LogP contribution in [-0.4, -0.2) is 67.5 Å². The summed E-state index contributed by atoms with van der Waals surface area (Å²) in [5.74, 6) is 1.17. The fraction of sp³-hybridized carbons (Fsp3) is 0.417. The number of likely N-dealkylation sites (N-methyl/N-ethyl adjacent to an activating group) is 1. The van der Waals surface area contributed by atoms with Gasteiger partial charge in [0.25, 0.3) is 0 Å². The predicted molar refractivity (Wildman–Crippen MR) is 133 cm³/mol. The van der Waals surface area contributed by atoms with E-state index in [9.17, 15) is 4.79 Å². The van der Waals surface area contributed by atoms with E-state index in [0.29, 0.717) is 23.0 Å². The van der Waals surface area contributed by atoms with Crippen LogP contribution < -0.4 is 5.32 Å². The predicted octanol–water partition coefficient (Wildman–Crippen LogP) is 3.76. The van der Waals surface area contributed by atoms with E-state index in [2.05, 4.69) is 37.2 Å². The molecule has 7 rings (SSSR count). The van der Waals surface area contributed by atoms with Crippen molar-refractivity contribution in [1.82, 2.24) is 29.4 Å². The van der Waals surface area contributed by atoms with Gasteiger partial charge in [-0.05, 0) is 50.4 Å². The number of rotatable bonds is 3. The zero-order valence-corrected chi connectivity index (χ0v) is 20.3. The van der Waals surface area contributed by atoms with Crippen molar-refractivity contribution in [3.8, 4) is 0 Å². The molecule has 2 bridgehead atoms. The van der Waals surface area contributed by atoms with E-state index in [-0.39, 0.29) is 5.92 Å². The molecule has 1 aliphatic carbocycles. The zero-order valence-electron chi connectivity index (χ0n) is 18.7. The Hall–Kier alpha value is -2.75. The topological polar surface area (TPSA) is 78.7 Å². The fourth-order valence-corrected chi connectivity index (χ4v) is 7.50. The standard InChI is InChI=1S/C24H24ClN7OS/c1-30-10-15-9-14(30)11-31(15)24(33)13-2-3-16-19(8-13)34-23-20(16)22(26-12-27-23)29-17-5-7-32-18(21(17)25)4-6-28-32/h4-7,12-15H,2-3,8-11H2,1H3,(H,26,27,29)/t13-,14?,15+/m0/s1. The Morgan fingerprint density at radius 3 is 2.97 bits per heavy atom. The van der Waals surface area contributed by atoms with Crippen LogP contribution in [0.5, 0.6) is 0 Å². The van der Waals surface area contributed by atoms with E-state index >= 15 is 0 Å². The first-order valence-corrected chi connectivity index (χ1v) is 12.9. The quantitative estimate of drug-likeness (QED) is 0.468. The van der Waals surface area contributed by atoms with Gasteiger partial charge in [-0.1, -0.05) is 11.6 Å². The number of likely N-dealkylation sites (tertiary alicyclic amines) is 2. The molecule has 4 aromatic heterocycles. The van der Waals surface area contributed by atoms with E-state index in [4.69, 9.17) is 11.6 Å². The Bertz CT molecular complexity index is 1450. The summed E-state index contributed by atoms with van der Waals surface area (Å²) >= 11 is 8.34. The highest BCUT2D eigenvalue weighted by molar-refractivity contribution is 7.19. The molecule has 8 nitrogen and oxygen atoms in total. The van der Waals surface area contributed by atoms with Crippen molar-refractivity contribution in [2.75, 3.05) is 25.5 Å². The second-order valence-electron chi connectivity index (χ2n) is 9.65. The number of fused-ring (bicyclic) bond motifs is 6. The molecule has 174 valence electrons. The Balaban J connectivity index is 1.18. The number of halogens is 1. The summed E-state index contributed by atoms with van der Waals surface area (Å²) in [7, 11) is 2.17. The van der Waals surface area contributed by atoms with Crippen molar-refractivity contribution in [3.05, 3.63) is 46.3 Å². The molecule has 1 unspecified atom stereocenters. The number of amides is 1. The molecule has 0 spiro atoms. The van der Waals surface area contributed by atoms with Gasteiger partial charge in [-0.25, -0.2) is 14.5 Å². The minimum Gasteiger partial charge on any atom is -0.338 e. The molecule has 0 saturated carbocycles. The average Bonchev–Trinajstić information content (AvgIpc) is 3.62. The van der Waals surface area contributed by atoms with Crippen LogP contribution >= 0.6 is 22.9 Å². The van der Waals surface area contributed by atoms with Crippen molar-refractivity contribution < 1.29 is 4.79 Å². The largest absolute Gasteiger partial charge is 0.338 e. The molecule has 2 saturated heterocycles. The number of hydrogen-bond donors (Lipinski definition) is 1. The van der Waals surface area contributed by atoms with Crippen molar-refractivity contribution in [2.45, 2.75) is 37.8 Å². The number of carbonyl (C=O) groups is 1. The normalized spacial score (nSPS) is 24.3. The van der Waals surface area contributed by atoms with Gasteiger partial charge >= 0.3 is 0 Å². The molecular weight excluding hydrogens is 470 g/mol. The number of carbonyl (C=O) groups excluding carboxylic acids is 1. The number of aryl methyl sites for hydroxylation is 1. The molecule has 34 heavy (non-hydrogen) atoms. The van der Waals surface area contributed by atoms with Crippen LogP contribution in [0.2, 0.25) is 5.02 Å². The first-order chi connectivity index (χ1) is 16.6. The third-order valence-electron chi connectivity index (χ3n) is 7.76. The van der Waals surface area contributed by atoms with Crippen LogP contribution in [0.15, 0.2) is 30.9 Å². The van der Waals surface area contributed by atoms with Crippen molar-refractivity contribution in [3.63, 3.8) is 0 Å². The zero-order chi connectivity index (χ0) is 23.0. The Morgan fingerprint density at radius 1 is 1.24 bits per heavy atom. The molecule has 3 atom stereocenters. The molecule has 2 fully saturated rings. The lowest BCUT2D eigenvalue weighted by Gasteiger charge is -2.35. The average molecular weight is 494 g/mol. The summed E-state index contributed by atoms with van der Waals surface area (Å²) in [6.07, 6.45) is 8.86. The molecule has 2 aliphatic heterocycles.